The zero-order chi connectivity index (χ0) is 17.2. The molecule has 1 heterocycles. The van der Waals surface area contributed by atoms with E-state index in [0.717, 1.165) is 6.54 Å². The number of rotatable bonds is 5. The lowest BCUT2D eigenvalue weighted by molar-refractivity contribution is 0.0495. The Hall–Kier alpha value is -1.02. The van der Waals surface area contributed by atoms with Gasteiger partial charge in [0.25, 0.3) is 0 Å². The third-order valence-electron chi connectivity index (χ3n) is 4.38. The summed E-state index contributed by atoms with van der Waals surface area (Å²) < 4.78 is 45.7. The summed E-state index contributed by atoms with van der Waals surface area (Å²) in [6.07, 6.45) is 0. The molecule has 0 aromatic heterocycles. The quantitative estimate of drug-likeness (QED) is 0.818. The lowest BCUT2D eigenvalue weighted by Crippen LogP contribution is -2.58. The average molecular weight is 344 g/mol. The first-order valence-corrected chi connectivity index (χ1v) is 9.22. The maximum atomic E-state index is 13.2. The van der Waals surface area contributed by atoms with Crippen LogP contribution in [0.15, 0.2) is 23.1 Å². The first-order valence-electron chi connectivity index (χ1n) is 7.78. The van der Waals surface area contributed by atoms with Crippen LogP contribution in [0.2, 0.25) is 0 Å². The summed E-state index contributed by atoms with van der Waals surface area (Å²) in [6.45, 7) is 7.91. The number of aryl methyl sites for hydroxylation is 1. The number of hydrogen-bond acceptors (Lipinski definition) is 4. The molecule has 0 aliphatic carbocycles. The monoisotopic (exact) mass is 344 g/mol. The van der Waals surface area contributed by atoms with Crippen molar-refractivity contribution in [1.82, 2.24) is 9.21 Å². The second-order valence-corrected chi connectivity index (χ2v) is 8.07. The van der Waals surface area contributed by atoms with Gasteiger partial charge in [-0.2, -0.15) is 4.31 Å². The zero-order valence-corrected chi connectivity index (χ0v) is 14.9. The van der Waals surface area contributed by atoms with Crippen LogP contribution in [0.3, 0.4) is 0 Å². The van der Waals surface area contributed by atoms with E-state index in [-0.39, 0.29) is 17.0 Å². The van der Waals surface area contributed by atoms with E-state index in [4.69, 9.17) is 4.74 Å². The van der Waals surface area contributed by atoms with Gasteiger partial charge in [-0.1, -0.05) is 0 Å². The fourth-order valence-corrected chi connectivity index (χ4v) is 4.99. The minimum atomic E-state index is -3.61. The fraction of sp³-hybridized carbons (Fsp3) is 0.625. The van der Waals surface area contributed by atoms with E-state index in [9.17, 15) is 12.8 Å². The van der Waals surface area contributed by atoms with E-state index in [1.165, 1.54) is 22.5 Å². The van der Waals surface area contributed by atoms with Crippen molar-refractivity contribution in [3.63, 3.8) is 0 Å². The van der Waals surface area contributed by atoms with Crippen molar-refractivity contribution in [1.29, 1.82) is 0 Å². The number of hydrogen-bond donors (Lipinski definition) is 0. The minimum Gasteiger partial charge on any atom is -0.383 e. The van der Waals surface area contributed by atoms with Gasteiger partial charge in [-0.3, -0.25) is 4.90 Å². The highest BCUT2D eigenvalue weighted by Gasteiger charge is 2.36. The molecule has 0 radical (unpaired) electrons. The molecule has 1 aromatic carbocycles. The Bertz CT molecular complexity index is 639. The summed E-state index contributed by atoms with van der Waals surface area (Å²) in [5.74, 6) is -0.424. The molecule has 5 nitrogen and oxygen atoms in total. The number of piperazine rings is 1. The van der Waals surface area contributed by atoms with E-state index < -0.39 is 15.8 Å². The molecule has 1 aliphatic heterocycles. The smallest absolute Gasteiger partial charge is 0.243 e. The Morgan fingerprint density at radius 2 is 1.87 bits per heavy atom. The lowest BCUT2D eigenvalue weighted by atomic mass is 10.1. The molecule has 0 amide bonds. The molecule has 1 aromatic rings. The van der Waals surface area contributed by atoms with Crippen molar-refractivity contribution < 1.29 is 17.5 Å². The van der Waals surface area contributed by atoms with Crippen LogP contribution in [0.4, 0.5) is 4.39 Å². The van der Waals surface area contributed by atoms with E-state index in [1.807, 2.05) is 13.8 Å². The van der Waals surface area contributed by atoms with Crippen molar-refractivity contribution in [3.8, 4) is 0 Å². The van der Waals surface area contributed by atoms with E-state index in [1.54, 1.807) is 14.0 Å². The average Bonchev–Trinajstić information content (AvgIpc) is 2.45. The van der Waals surface area contributed by atoms with Gasteiger partial charge in [-0.05, 0) is 44.5 Å². The standard InChI is InChI=1S/C16H25FN2O3S/c1-12-9-15(17)5-6-16(12)23(20,21)18-10-13(2)19(7-8-22-4)14(3)11-18/h5-6,9,13-14H,7-8,10-11H2,1-4H3. The van der Waals surface area contributed by atoms with Crippen molar-refractivity contribution in [2.24, 2.45) is 0 Å². The molecular formula is C16H25FN2O3S. The van der Waals surface area contributed by atoms with Gasteiger partial charge >= 0.3 is 0 Å². The second kappa shape index (κ2) is 7.25. The molecule has 0 spiro atoms. The summed E-state index contributed by atoms with van der Waals surface area (Å²) >= 11 is 0. The lowest BCUT2D eigenvalue weighted by Gasteiger charge is -2.43. The number of nitrogens with zero attached hydrogens (tertiary/aromatic N) is 2. The number of methoxy groups -OCH3 is 1. The summed E-state index contributed by atoms with van der Waals surface area (Å²) in [5, 5.41) is 0. The van der Waals surface area contributed by atoms with Gasteiger partial charge in [-0.25, -0.2) is 12.8 Å². The molecule has 1 aliphatic rings. The van der Waals surface area contributed by atoms with Crippen LogP contribution in [0, 0.1) is 12.7 Å². The topological polar surface area (TPSA) is 49.9 Å². The highest BCUT2D eigenvalue weighted by atomic mass is 32.2. The van der Waals surface area contributed by atoms with Crippen LogP contribution in [0.5, 0.6) is 0 Å². The summed E-state index contributed by atoms with van der Waals surface area (Å²) in [4.78, 5) is 2.44. The van der Waals surface area contributed by atoms with Crippen LogP contribution < -0.4 is 0 Å². The first-order chi connectivity index (χ1) is 10.8. The van der Waals surface area contributed by atoms with Gasteiger partial charge in [0.2, 0.25) is 10.0 Å². The van der Waals surface area contributed by atoms with Crippen LogP contribution in [-0.2, 0) is 14.8 Å². The molecule has 2 unspecified atom stereocenters. The largest absolute Gasteiger partial charge is 0.383 e. The third-order valence-corrected chi connectivity index (χ3v) is 6.37. The van der Waals surface area contributed by atoms with Gasteiger partial charge in [0.15, 0.2) is 0 Å². The van der Waals surface area contributed by atoms with Gasteiger partial charge in [0.1, 0.15) is 5.82 Å². The maximum absolute atomic E-state index is 13.2. The normalized spacial score (nSPS) is 24.0. The minimum absolute atomic E-state index is 0.101. The van der Waals surface area contributed by atoms with Gasteiger partial charge in [0.05, 0.1) is 11.5 Å². The molecular weight excluding hydrogens is 319 g/mol. The van der Waals surface area contributed by atoms with Crippen LogP contribution in [-0.4, -0.2) is 63.1 Å². The molecule has 23 heavy (non-hydrogen) atoms. The Morgan fingerprint density at radius 1 is 1.26 bits per heavy atom. The predicted molar refractivity (Wildman–Crippen MR) is 87.4 cm³/mol. The molecule has 130 valence electrons. The van der Waals surface area contributed by atoms with Crippen LogP contribution >= 0.6 is 0 Å². The summed E-state index contributed by atoms with van der Waals surface area (Å²) in [6, 6.07) is 4.01. The summed E-state index contributed by atoms with van der Waals surface area (Å²) in [7, 11) is -1.95. The van der Waals surface area contributed by atoms with Gasteiger partial charge < -0.3 is 4.74 Å². The number of benzene rings is 1. The van der Waals surface area contributed by atoms with Gasteiger partial charge in [-0.15, -0.1) is 0 Å². The molecule has 1 saturated heterocycles. The predicted octanol–water partition coefficient (Wildman–Crippen LogP) is 1.86. The van der Waals surface area contributed by atoms with Gasteiger partial charge in [0, 0.05) is 38.8 Å². The Balaban J connectivity index is 2.22. The Morgan fingerprint density at radius 3 is 2.39 bits per heavy atom. The number of halogens is 1. The van der Waals surface area contributed by atoms with Crippen molar-refractivity contribution in [2.75, 3.05) is 33.4 Å². The summed E-state index contributed by atoms with van der Waals surface area (Å²) in [5.41, 5.74) is 0.437. The van der Waals surface area contributed by atoms with Crippen molar-refractivity contribution >= 4 is 10.0 Å². The highest BCUT2D eigenvalue weighted by Crippen LogP contribution is 2.25. The molecule has 0 N–H and O–H groups in total. The molecule has 2 rings (SSSR count). The Labute approximate surface area is 138 Å². The van der Waals surface area contributed by atoms with Crippen LogP contribution in [0.1, 0.15) is 19.4 Å². The van der Waals surface area contributed by atoms with E-state index in [0.29, 0.717) is 25.3 Å². The van der Waals surface area contributed by atoms with Crippen molar-refractivity contribution in [2.45, 2.75) is 37.8 Å². The molecule has 0 bridgehead atoms. The van der Waals surface area contributed by atoms with Crippen molar-refractivity contribution in [3.05, 3.63) is 29.6 Å². The van der Waals surface area contributed by atoms with E-state index in [2.05, 4.69) is 4.90 Å². The maximum Gasteiger partial charge on any atom is 0.243 e. The molecule has 0 saturated carbocycles. The number of ether oxygens (including phenoxy) is 1. The Kier molecular flexibility index (Phi) is 5.78. The second-order valence-electron chi connectivity index (χ2n) is 6.16. The number of sulfonamides is 1. The zero-order valence-electron chi connectivity index (χ0n) is 14.1. The molecule has 2 atom stereocenters. The first kappa shape index (κ1) is 18.3. The SMILES string of the molecule is COCCN1C(C)CN(S(=O)(=O)c2ccc(F)cc2C)CC1C. The molecule has 1 fully saturated rings. The van der Waals surface area contributed by atoms with E-state index >= 15 is 0 Å². The molecule has 7 heteroatoms. The third kappa shape index (κ3) is 3.91. The van der Waals surface area contributed by atoms with Crippen LogP contribution in [0.25, 0.3) is 0 Å². The fourth-order valence-electron chi connectivity index (χ4n) is 3.18. The highest BCUT2D eigenvalue weighted by molar-refractivity contribution is 7.89.